The Hall–Kier alpha value is -1.06. The van der Waals surface area contributed by atoms with Gasteiger partial charge in [-0.1, -0.05) is 13.0 Å². The highest BCUT2D eigenvalue weighted by molar-refractivity contribution is 5.37. The molecule has 0 aliphatic heterocycles. The maximum absolute atomic E-state index is 10.1. The van der Waals surface area contributed by atoms with E-state index in [9.17, 15) is 5.11 Å². The van der Waals surface area contributed by atoms with E-state index < -0.39 is 6.10 Å². The van der Waals surface area contributed by atoms with Crippen molar-refractivity contribution in [2.45, 2.75) is 26.4 Å². The Kier molecular flexibility index (Phi) is 4.77. The van der Waals surface area contributed by atoms with Crippen LogP contribution in [0.25, 0.3) is 0 Å². The molecular weight excluding hydrogens is 202 g/mol. The first-order valence-corrected chi connectivity index (χ1v) is 5.62. The van der Waals surface area contributed by atoms with Crippen LogP contribution in [0.5, 0.6) is 5.75 Å². The van der Waals surface area contributed by atoms with E-state index in [0.717, 1.165) is 23.3 Å². The molecule has 1 aromatic carbocycles. The molecule has 0 heterocycles. The predicted molar refractivity (Wildman–Crippen MR) is 65.5 cm³/mol. The molecule has 1 aromatic rings. The first-order valence-electron chi connectivity index (χ1n) is 5.62. The van der Waals surface area contributed by atoms with Crippen LogP contribution in [0.3, 0.4) is 0 Å². The second-order valence-corrected chi connectivity index (χ2v) is 4.23. The summed E-state index contributed by atoms with van der Waals surface area (Å²) in [5.74, 6) is 1.03. The summed E-state index contributed by atoms with van der Waals surface area (Å²) >= 11 is 0. The van der Waals surface area contributed by atoms with Crippen LogP contribution in [0, 0.1) is 12.8 Å². The normalized spacial score (nSPS) is 14.6. The van der Waals surface area contributed by atoms with Crippen LogP contribution in [0.15, 0.2) is 18.2 Å². The third kappa shape index (κ3) is 2.97. The molecular formula is C13H21NO2. The second-order valence-electron chi connectivity index (χ2n) is 4.23. The fourth-order valence-corrected chi connectivity index (χ4v) is 1.83. The molecule has 0 fully saturated rings. The van der Waals surface area contributed by atoms with Gasteiger partial charge in [-0.2, -0.15) is 0 Å². The molecule has 16 heavy (non-hydrogen) atoms. The summed E-state index contributed by atoms with van der Waals surface area (Å²) in [7, 11) is 1.65. The molecule has 0 saturated heterocycles. The van der Waals surface area contributed by atoms with Crippen LogP contribution in [0.4, 0.5) is 0 Å². The van der Waals surface area contributed by atoms with E-state index in [0.29, 0.717) is 6.54 Å². The third-order valence-electron chi connectivity index (χ3n) is 2.92. The highest BCUT2D eigenvalue weighted by Crippen LogP contribution is 2.27. The summed E-state index contributed by atoms with van der Waals surface area (Å²) in [6.07, 6.45) is 0.375. The van der Waals surface area contributed by atoms with Crippen molar-refractivity contribution in [2.24, 2.45) is 11.7 Å². The number of methoxy groups -OCH3 is 1. The van der Waals surface area contributed by atoms with Gasteiger partial charge in [-0.3, -0.25) is 0 Å². The molecule has 0 saturated carbocycles. The number of benzene rings is 1. The van der Waals surface area contributed by atoms with Crippen LogP contribution in [-0.4, -0.2) is 18.8 Å². The minimum absolute atomic E-state index is 0.179. The van der Waals surface area contributed by atoms with Gasteiger partial charge in [-0.25, -0.2) is 0 Å². The van der Waals surface area contributed by atoms with E-state index in [2.05, 4.69) is 0 Å². The summed E-state index contributed by atoms with van der Waals surface area (Å²) in [5, 5.41) is 10.1. The molecule has 0 aromatic heterocycles. The number of nitrogens with two attached hydrogens (primary N) is 1. The third-order valence-corrected chi connectivity index (χ3v) is 2.92. The van der Waals surface area contributed by atoms with Gasteiger partial charge in [0, 0.05) is 0 Å². The number of aliphatic hydroxyl groups excluding tert-OH is 1. The molecule has 3 nitrogen and oxygen atoms in total. The number of aliphatic hydroxyl groups is 1. The fraction of sp³-hybridized carbons (Fsp3) is 0.538. The Morgan fingerprint density at radius 1 is 1.44 bits per heavy atom. The summed E-state index contributed by atoms with van der Waals surface area (Å²) in [6, 6.07) is 5.77. The topological polar surface area (TPSA) is 55.5 Å². The van der Waals surface area contributed by atoms with Crippen LogP contribution in [0.1, 0.15) is 30.6 Å². The lowest BCUT2D eigenvalue weighted by Gasteiger charge is -2.19. The van der Waals surface area contributed by atoms with Crippen molar-refractivity contribution in [2.75, 3.05) is 13.7 Å². The second kappa shape index (κ2) is 5.87. The Labute approximate surface area is 97.2 Å². The van der Waals surface area contributed by atoms with Gasteiger partial charge in [-0.15, -0.1) is 0 Å². The smallest absolute Gasteiger partial charge is 0.121 e. The molecule has 0 radical (unpaired) electrons. The fourth-order valence-electron chi connectivity index (χ4n) is 1.83. The molecule has 0 bridgehead atoms. The zero-order valence-corrected chi connectivity index (χ0v) is 10.2. The lowest BCUT2D eigenvalue weighted by atomic mass is 9.93. The molecule has 0 aliphatic rings. The average molecular weight is 223 g/mol. The van der Waals surface area contributed by atoms with Crippen LogP contribution >= 0.6 is 0 Å². The summed E-state index contributed by atoms with van der Waals surface area (Å²) < 4.78 is 5.19. The Morgan fingerprint density at radius 2 is 2.12 bits per heavy atom. The highest BCUT2D eigenvalue weighted by atomic mass is 16.5. The van der Waals surface area contributed by atoms with Gasteiger partial charge in [-0.05, 0) is 49.1 Å². The van der Waals surface area contributed by atoms with Gasteiger partial charge in [0.1, 0.15) is 5.75 Å². The number of aryl methyl sites for hydroxylation is 1. The van der Waals surface area contributed by atoms with E-state index in [-0.39, 0.29) is 5.92 Å². The van der Waals surface area contributed by atoms with Crippen molar-refractivity contribution >= 4 is 0 Å². The zero-order chi connectivity index (χ0) is 12.1. The van der Waals surface area contributed by atoms with Crippen LogP contribution < -0.4 is 10.5 Å². The van der Waals surface area contributed by atoms with Crippen LogP contribution in [0.2, 0.25) is 0 Å². The lowest BCUT2D eigenvalue weighted by Crippen LogP contribution is -2.14. The molecule has 2 atom stereocenters. The van der Waals surface area contributed by atoms with Crippen LogP contribution in [-0.2, 0) is 0 Å². The standard InChI is InChI=1S/C13H21NO2/c1-9(6-7-14)13(15)11-4-5-12(16-3)10(2)8-11/h4-5,8-9,13,15H,6-7,14H2,1-3H3. The van der Waals surface area contributed by atoms with Crippen molar-refractivity contribution in [1.29, 1.82) is 0 Å². The van der Waals surface area contributed by atoms with E-state index in [1.807, 2.05) is 32.0 Å². The van der Waals surface area contributed by atoms with Gasteiger partial charge in [0.05, 0.1) is 13.2 Å². The monoisotopic (exact) mass is 223 g/mol. The van der Waals surface area contributed by atoms with Crippen molar-refractivity contribution < 1.29 is 9.84 Å². The number of rotatable bonds is 5. The molecule has 0 aliphatic carbocycles. The predicted octanol–water partition coefficient (Wildman–Crippen LogP) is 2.02. The van der Waals surface area contributed by atoms with Crippen molar-refractivity contribution in [3.8, 4) is 5.75 Å². The first-order chi connectivity index (χ1) is 7.60. The number of hydrogen-bond acceptors (Lipinski definition) is 3. The first kappa shape index (κ1) is 13.0. The van der Waals surface area contributed by atoms with Gasteiger partial charge >= 0.3 is 0 Å². The molecule has 2 unspecified atom stereocenters. The molecule has 3 N–H and O–H groups in total. The summed E-state index contributed by atoms with van der Waals surface area (Å²) in [6.45, 7) is 4.59. The Morgan fingerprint density at radius 3 is 2.62 bits per heavy atom. The number of ether oxygens (including phenoxy) is 1. The maximum atomic E-state index is 10.1. The van der Waals surface area contributed by atoms with Gasteiger partial charge in [0.25, 0.3) is 0 Å². The lowest BCUT2D eigenvalue weighted by molar-refractivity contribution is 0.114. The minimum atomic E-state index is -0.451. The largest absolute Gasteiger partial charge is 0.496 e. The summed E-state index contributed by atoms with van der Waals surface area (Å²) in [5.41, 5.74) is 7.46. The quantitative estimate of drug-likeness (QED) is 0.803. The van der Waals surface area contributed by atoms with Crippen molar-refractivity contribution in [3.05, 3.63) is 29.3 Å². The van der Waals surface area contributed by atoms with Gasteiger partial charge < -0.3 is 15.6 Å². The van der Waals surface area contributed by atoms with Gasteiger partial charge in [0.2, 0.25) is 0 Å². The Bertz CT molecular complexity index is 339. The molecule has 3 heteroatoms. The van der Waals surface area contributed by atoms with E-state index in [4.69, 9.17) is 10.5 Å². The molecule has 0 spiro atoms. The van der Waals surface area contributed by atoms with E-state index in [1.54, 1.807) is 7.11 Å². The van der Waals surface area contributed by atoms with E-state index >= 15 is 0 Å². The molecule has 90 valence electrons. The zero-order valence-electron chi connectivity index (χ0n) is 10.2. The maximum Gasteiger partial charge on any atom is 0.121 e. The van der Waals surface area contributed by atoms with E-state index in [1.165, 1.54) is 0 Å². The minimum Gasteiger partial charge on any atom is -0.496 e. The SMILES string of the molecule is COc1ccc(C(O)C(C)CCN)cc1C. The highest BCUT2D eigenvalue weighted by Gasteiger charge is 2.16. The average Bonchev–Trinajstić information content (AvgIpc) is 2.28. The summed E-state index contributed by atoms with van der Waals surface area (Å²) in [4.78, 5) is 0. The van der Waals surface area contributed by atoms with Crippen molar-refractivity contribution in [1.82, 2.24) is 0 Å². The van der Waals surface area contributed by atoms with Gasteiger partial charge in [0.15, 0.2) is 0 Å². The van der Waals surface area contributed by atoms with Crippen molar-refractivity contribution in [3.63, 3.8) is 0 Å². The molecule has 0 amide bonds. The Balaban J connectivity index is 2.84. The molecule has 1 rings (SSSR count). The number of hydrogen-bond donors (Lipinski definition) is 2.